The van der Waals surface area contributed by atoms with Gasteiger partial charge in [-0.15, -0.1) is 0 Å². The van der Waals surface area contributed by atoms with Crippen molar-refractivity contribution in [1.82, 2.24) is 4.98 Å². The van der Waals surface area contributed by atoms with Crippen LogP contribution in [0.2, 0.25) is 0 Å². The van der Waals surface area contributed by atoms with E-state index in [2.05, 4.69) is 4.98 Å². The Bertz CT molecular complexity index is 472. The molecule has 0 aliphatic rings. The van der Waals surface area contributed by atoms with Gasteiger partial charge in [-0.1, -0.05) is 6.07 Å². The van der Waals surface area contributed by atoms with Crippen molar-refractivity contribution < 1.29 is 9.84 Å². The van der Waals surface area contributed by atoms with Crippen LogP contribution in [0.1, 0.15) is 5.56 Å². The van der Waals surface area contributed by atoms with Crippen molar-refractivity contribution in [2.75, 3.05) is 5.73 Å². The van der Waals surface area contributed by atoms with Crippen LogP contribution in [-0.4, -0.2) is 10.1 Å². The Morgan fingerprint density at radius 2 is 2.19 bits per heavy atom. The van der Waals surface area contributed by atoms with Gasteiger partial charge in [0.2, 0.25) is 0 Å². The number of hydrogen-bond acceptors (Lipinski definition) is 4. The van der Waals surface area contributed by atoms with Gasteiger partial charge in [-0.05, 0) is 29.8 Å². The van der Waals surface area contributed by atoms with Gasteiger partial charge in [-0.2, -0.15) is 0 Å². The van der Waals surface area contributed by atoms with Gasteiger partial charge in [0.05, 0.1) is 11.9 Å². The summed E-state index contributed by atoms with van der Waals surface area (Å²) in [6.45, 7) is 0.399. The summed E-state index contributed by atoms with van der Waals surface area (Å²) in [4.78, 5) is 3.94. The molecule has 0 saturated heterocycles. The van der Waals surface area contributed by atoms with E-state index in [1.807, 2.05) is 6.07 Å². The molecule has 16 heavy (non-hydrogen) atoms. The number of anilines is 1. The molecule has 0 bridgehead atoms. The predicted molar refractivity (Wildman–Crippen MR) is 61.1 cm³/mol. The van der Waals surface area contributed by atoms with Crippen molar-refractivity contribution in [3.63, 3.8) is 0 Å². The van der Waals surface area contributed by atoms with Crippen molar-refractivity contribution in [3.05, 3.63) is 48.3 Å². The van der Waals surface area contributed by atoms with Crippen LogP contribution in [0.25, 0.3) is 0 Å². The quantitative estimate of drug-likeness (QED) is 0.607. The molecule has 0 spiro atoms. The molecule has 3 N–H and O–H groups in total. The predicted octanol–water partition coefficient (Wildman–Crippen LogP) is 1.95. The maximum Gasteiger partial charge on any atom is 0.138 e. The molecule has 1 aromatic carbocycles. The van der Waals surface area contributed by atoms with Crippen molar-refractivity contribution in [2.45, 2.75) is 6.61 Å². The zero-order valence-electron chi connectivity index (χ0n) is 8.63. The number of benzene rings is 1. The third kappa shape index (κ3) is 2.42. The van der Waals surface area contributed by atoms with Crippen molar-refractivity contribution >= 4 is 5.69 Å². The molecular formula is C12H12N2O2. The third-order valence-corrected chi connectivity index (χ3v) is 2.13. The van der Waals surface area contributed by atoms with Crippen LogP contribution in [0.4, 0.5) is 5.69 Å². The summed E-state index contributed by atoms with van der Waals surface area (Å²) in [7, 11) is 0. The van der Waals surface area contributed by atoms with Gasteiger partial charge >= 0.3 is 0 Å². The fourth-order valence-electron chi connectivity index (χ4n) is 1.29. The summed E-state index contributed by atoms with van der Waals surface area (Å²) < 4.78 is 5.49. The number of phenols is 1. The minimum Gasteiger partial charge on any atom is -0.506 e. The second-order valence-corrected chi connectivity index (χ2v) is 3.37. The first-order valence-corrected chi connectivity index (χ1v) is 4.86. The first-order valence-electron chi connectivity index (χ1n) is 4.86. The number of hydrogen-bond donors (Lipinski definition) is 2. The van der Waals surface area contributed by atoms with E-state index in [9.17, 15) is 5.11 Å². The van der Waals surface area contributed by atoms with Gasteiger partial charge < -0.3 is 15.6 Å². The second kappa shape index (κ2) is 4.53. The molecule has 1 aromatic heterocycles. The molecule has 0 aliphatic heterocycles. The van der Waals surface area contributed by atoms with Crippen LogP contribution in [-0.2, 0) is 6.61 Å². The smallest absolute Gasteiger partial charge is 0.138 e. The Morgan fingerprint density at radius 1 is 1.31 bits per heavy atom. The largest absolute Gasteiger partial charge is 0.506 e. The van der Waals surface area contributed by atoms with Gasteiger partial charge in [0.25, 0.3) is 0 Å². The fourth-order valence-corrected chi connectivity index (χ4v) is 1.29. The van der Waals surface area contributed by atoms with E-state index in [1.165, 1.54) is 0 Å². The standard InChI is InChI=1S/C12H12N2O2/c13-11-6-9(3-4-12(11)15)8-16-10-2-1-5-14-7-10/h1-7,15H,8,13H2. The molecule has 0 unspecified atom stereocenters. The molecule has 0 aliphatic carbocycles. The van der Waals surface area contributed by atoms with Crippen LogP contribution in [0.3, 0.4) is 0 Å². The maximum atomic E-state index is 9.25. The number of phenolic OH excluding ortho intramolecular Hbond substituents is 1. The summed E-state index contributed by atoms with van der Waals surface area (Å²) >= 11 is 0. The zero-order valence-corrected chi connectivity index (χ0v) is 8.63. The van der Waals surface area contributed by atoms with E-state index in [0.717, 1.165) is 5.56 Å². The first kappa shape index (κ1) is 10.3. The molecule has 1 heterocycles. The third-order valence-electron chi connectivity index (χ3n) is 2.13. The van der Waals surface area contributed by atoms with Gasteiger partial charge in [-0.3, -0.25) is 4.98 Å². The Morgan fingerprint density at radius 3 is 2.88 bits per heavy atom. The summed E-state index contributed by atoms with van der Waals surface area (Å²) in [6, 6.07) is 8.64. The molecule has 4 heteroatoms. The lowest BCUT2D eigenvalue weighted by atomic mass is 10.2. The lowest BCUT2D eigenvalue weighted by molar-refractivity contribution is 0.305. The van der Waals surface area contributed by atoms with Crippen molar-refractivity contribution in [1.29, 1.82) is 0 Å². The second-order valence-electron chi connectivity index (χ2n) is 3.37. The van der Waals surface area contributed by atoms with Crippen LogP contribution < -0.4 is 10.5 Å². The summed E-state index contributed by atoms with van der Waals surface area (Å²) in [5, 5.41) is 9.25. The molecule has 2 aromatic rings. The monoisotopic (exact) mass is 216 g/mol. The van der Waals surface area contributed by atoms with Gasteiger partial charge in [0.15, 0.2) is 0 Å². The van der Waals surface area contributed by atoms with E-state index in [4.69, 9.17) is 10.5 Å². The normalized spacial score (nSPS) is 10.0. The zero-order chi connectivity index (χ0) is 11.4. The number of ether oxygens (including phenoxy) is 1. The fraction of sp³-hybridized carbons (Fsp3) is 0.0833. The van der Waals surface area contributed by atoms with Crippen molar-refractivity contribution in [2.24, 2.45) is 0 Å². The highest BCUT2D eigenvalue weighted by molar-refractivity contribution is 5.53. The molecule has 0 atom stereocenters. The molecule has 4 nitrogen and oxygen atoms in total. The summed E-state index contributed by atoms with van der Waals surface area (Å²) in [5.74, 6) is 0.791. The van der Waals surface area contributed by atoms with E-state index in [-0.39, 0.29) is 5.75 Å². The average Bonchev–Trinajstić information content (AvgIpc) is 2.32. The van der Waals surface area contributed by atoms with Gasteiger partial charge in [0, 0.05) is 6.20 Å². The Kier molecular flexibility index (Phi) is 2.91. The highest BCUT2D eigenvalue weighted by Gasteiger charge is 2.00. The number of aromatic hydroxyl groups is 1. The first-order chi connectivity index (χ1) is 7.75. The molecule has 82 valence electrons. The summed E-state index contributed by atoms with van der Waals surface area (Å²) in [6.07, 6.45) is 3.33. The average molecular weight is 216 g/mol. The molecule has 0 amide bonds. The van der Waals surface area contributed by atoms with Gasteiger partial charge in [0.1, 0.15) is 18.1 Å². The number of nitrogen functional groups attached to an aromatic ring is 1. The highest BCUT2D eigenvalue weighted by atomic mass is 16.5. The maximum absolute atomic E-state index is 9.25. The van der Waals surface area contributed by atoms with Crippen LogP contribution >= 0.6 is 0 Å². The van der Waals surface area contributed by atoms with Crippen LogP contribution in [0.15, 0.2) is 42.7 Å². The van der Waals surface area contributed by atoms with Gasteiger partial charge in [-0.25, -0.2) is 0 Å². The van der Waals surface area contributed by atoms with E-state index in [0.29, 0.717) is 18.0 Å². The minimum atomic E-state index is 0.0881. The Balaban J connectivity index is 2.03. The molecule has 0 fully saturated rings. The topological polar surface area (TPSA) is 68.4 Å². The van der Waals surface area contributed by atoms with Crippen molar-refractivity contribution in [3.8, 4) is 11.5 Å². The molecule has 0 saturated carbocycles. The Labute approximate surface area is 93.3 Å². The number of pyridine rings is 1. The Hall–Kier alpha value is -2.23. The number of nitrogens with zero attached hydrogens (tertiary/aromatic N) is 1. The molecule has 0 radical (unpaired) electrons. The van der Waals surface area contributed by atoms with E-state index >= 15 is 0 Å². The highest BCUT2D eigenvalue weighted by Crippen LogP contribution is 2.21. The lowest BCUT2D eigenvalue weighted by Gasteiger charge is -2.06. The SMILES string of the molecule is Nc1cc(COc2cccnc2)ccc1O. The lowest BCUT2D eigenvalue weighted by Crippen LogP contribution is -1.97. The number of rotatable bonds is 3. The van der Waals surface area contributed by atoms with E-state index < -0.39 is 0 Å². The number of nitrogens with two attached hydrogens (primary N) is 1. The van der Waals surface area contributed by atoms with E-state index in [1.54, 1.807) is 36.7 Å². The summed E-state index contributed by atoms with van der Waals surface area (Å²) in [5.41, 5.74) is 6.83. The molecular weight excluding hydrogens is 204 g/mol. The minimum absolute atomic E-state index is 0.0881. The number of aromatic nitrogens is 1. The van der Waals surface area contributed by atoms with Crippen LogP contribution in [0.5, 0.6) is 11.5 Å². The molecule has 2 rings (SSSR count). The van der Waals surface area contributed by atoms with Crippen LogP contribution in [0, 0.1) is 0 Å².